The lowest BCUT2D eigenvalue weighted by molar-refractivity contribution is -0.122. The average molecular weight is 292 g/mol. The number of nitrogens with one attached hydrogen (secondary N) is 1. The van der Waals surface area contributed by atoms with Crippen molar-refractivity contribution in [3.8, 4) is 5.75 Å². The van der Waals surface area contributed by atoms with Gasteiger partial charge in [-0.3, -0.25) is 4.79 Å². The topological polar surface area (TPSA) is 64.4 Å². The van der Waals surface area contributed by atoms with Crippen LogP contribution in [0.3, 0.4) is 0 Å². The summed E-state index contributed by atoms with van der Waals surface area (Å²) in [5.41, 5.74) is 5.71. The molecule has 4 nitrogen and oxygen atoms in total. The molecule has 1 aromatic carbocycles. The minimum Gasteiger partial charge on any atom is -0.494 e. The van der Waals surface area contributed by atoms with Gasteiger partial charge in [0.25, 0.3) is 0 Å². The Hall–Kier alpha value is -1.55. The Balaban J connectivity index is 2.10. The van der Waals surface area contributed by atoms with E-state index < -0.39 is 0 Å². The summed E-state index contributed by atoms with van der Waals surface area (Å²) in [5.74, 6) is 1.81. The van der Waals surface area contributed by atoms with Crippen LogP contribution in [-0.4, -0.2) is 25.6 Å². The van der Waals surface area contributed by atoms with Crippen LogP contribution < -0.4 is 15.8 Å². The Labute approximate surface area is 128 Å². The molecular weight excluding hydrogens is 264 g/mol. The number of para-hydroxylation sites is 1. The van der Waals surface area contributed by atoms with Crippen molar-refractivity contribution in [2.75, 3.05) is 19.7 Å². The number of hydrogen-bond acceptors (Lipinski definition) is 3. The highest BCUT2D eigenvalue weighted by atomic mass is 16.5. The van der Waals surface area contributed by atoms with E-state index >= 15 is 0 Å². The Morgan fingerprint density at radius 2 is 2.00 bits per heavy atom. The fourth-order valence-corrected chi connectivity index (χ4v) is 2.27. The van der Waals surface area contributed by atoms with Gasteiger partial charge in [-0.1, -0.05) is 32.0 Å². The van der Waals surface area contributed by atoms with E-state index in [1.807, 2.05) is 30.3 Å². The summed E-state index contributed by atoms with van der Waals surface area (Å²) in [6.45, 7) is 6.13. The van der Waals surface area contributed by atoms with Crippen LogP contribution in [0.2, 0.25) is 0 Å². The second-order valence-corrected chi connectivity index (χ2v) is 5.80. The largest absolute Gasteiger partial charge is 0.494 e. The highest BCUT2D eigenvalue weighted by molar-refractivity contribution is 5.76. The molecule has 0 spiro atoms. The van der Waals surface area contributed by atoms with Crippen LogP contribution in [-0.2, 0) is 4.79 Å². The van der Waals surface area contributed by atoms with Crippen LogP contribution in [0.25, 0.3) is 0 Å². The molecule has 0 aliphatic rings. The summed E-state index contributed by atoms with van der Waals surface area (Å²) in [6, 6.07) is 9.70. The van der Waals surface area contributed by atoms with Gasteiger partial charge < -0.3 is 15.8 Å². The van der Waals surface area contributed by atoms with Gasteiger partial charge in [-0.05, 0) is 43.4 Å². The Morgan fingerprint density at radius 3 is 2.62 bits per heavy atom. The summed E-state index contributed by atoms with van der Waals surface area (Å²) in [4.78, 5) is 11.8. The molecule has 0 aromatic heterocycles. The van der Waals surface area contributed by atoms with Gasteiger partial charge in [0.1, 0.15) is 5.75 Å². The van der Waals surface area contributed by atoms with Gasteiger partial charge in [-0.2, -0.15) is 0 Å². The molecule has 1 atom stereocenters. The van der Waals surface area contributed by atoms with Crippen LogP contribution in [0, 0.1) is 11.8 Å². The Morgan fingerprint density at radius 1 is 1.29 bits per heavy atom. The maximum absolute atomic E-state index is 11.8. The van der Waals surface area contributed by atoms with Gasteiger partial charge >= 0.3 is 0 Å². The number of nitrogens with two attached hydrogens (primary N) is 1. The Kier molecular flexibility index (Phi) is 8.51. The molecule has 1 aromatic rings. The molecular formula is C17H28N2O2. The van der Waals surface area contributed by atoms with Crippen molar-refractivity contribution >= 4 is 5.91 Å². The lowest BCUT2D eigenvalue weighted by Crippen LogP contribution is -2.30. The quantitative estimate of drug-likeness (QED) is 0.651. The molecule has 0 saturated heterocycles. The number of ether oxygens (including phenoxy) is 1. The van der Waals surface area contributed by atoms with Crippen LogP contribution in [0.15, 0.2) is 30.3 Å². The van der Waals surface area contributed by atoms with Crippen molar-refractivity contribution in [3.05, 3.63) is 30.3 Å². The second-order valence-electron chi connectivity index (χ2n) is 5.80. The number of benzene rings is 1. The summed E-state index contributed by atoms with van der Waals surface area (Å²) in [7, 11) is 0. The van der Waals surface area contributed by atoms with E-state index in [-0.39, 0.29) is 11.8 Å². The van der Waals surface area contributed by atoms with Crippen LogP contribution in [0.4, 0.5) is 0 Å². The fourth-order valence-electron chi connectivity index (χ4n) is 2.27. The summed E-state index contributed by atoms with van der Waals surface area (Å²) in [5, 5.41) is 2.93. The smallest absolute Gasteiger partial charge is 0.220 e. The highest BCUT2D eigenvalue weighted by Crippen LogP contribution is 2.14. The first-order valence-corrected chi connectivity index (χ1v) is 7.76. The molecule has 0 heterocycles. The van der Waals surface area contributed by atoms with Gasteiger partial charge in [0.2, 0.25) is 5.91 Å². The first-order chi connectivity index (χ1) is 10.1. The van der Waals surface area contributed by atoms with Crippen molar-refractivity contribution in [3.63, 3.8) is 0 Å². The van der Waals surface area contributed by atoms with E-state index in [4.69, 9.17) is 10.5 Å². The van der Waals surface area contributed by atoms with Gasteiger partial charge in [-0.15, -0.1) is 0 Å². The third-order valence-electron chi connectivity index (χ3n) is 3.27. The first-order valence-electron chi connectivity index (χ1n) is 7.76. The number of amides is 1. The monoisotopic (exact) mass is 292 g/mol. The van der Waals surface area contributed by atoms with E-state index in [1.54, 1.807) is 0 Å². The molecule has 1 rings (SSSR count). The highest BCUT2D eigenvalue weighted by Gasteiger charge is 2.13. The summed E-state index contributed by atoms with van der Waals surface area (Å²) >= 11 is 0. The number of hydrogen-bond donors (Lipinski definition) is 2. The SMILES string of the molecule is CC(C)C[C@H](CN)CC(=O)NCCCOc1ccccc1. The lowest BCUT2D eigenvalue weighted by atomic mass is 9.94. The average Bonchev–Trinajstić information content (AvgIpc) is 2.46. The minimum absolute atomic E-state index is 0.0887. The van der Waals surface area contributed by atoms with E-state index in [1.165, 1.54) is 0 Å². The molecule has 1 amide bonds. The van der Waals surface area contributed by atoms with Crippen molar-refractivity contribution in [1.82, 2.24) is 5.32 Å². The molecule has 0 aliphatic carbocycles. The third kappa shape index (κ3) is 8.35. The van der Waals surface area contributed by atoms with Crippen molar-refractivity contribution in [2.45, 2.75) is 33.1 Å². The molecule has 118 valence electrons. The van der Waals surface area contributed by atoms with E-state index in [0.29, 0.717) is 32.0 Å². The minimum atomic E-state index is 0.0887. The van der Waals surface area contributed by atoms with E-state index in [0.717, 1.165) is 18.6 Å². The standard InChI is InChI=1S/C17H28N2O2/c1-14(2)11-15(13-18)12-17(20)19-9-6-10-21-16-7-4-3-5-8-16/h3-5,7-8,14-15H,6,9-13,18H2,1-2H3,(H,19,20)/t15-/m0/s1. The van der Waals surface area contributed by atoms with Crippen molar-refractivity contribution in [2.24, 2.45) is 17.6 Å². The van der Waals surface area contributed by atoms with E-state index in [9.17, 15) is 4.79 Å². The molecule has 0 aliphatic heterocycles. The third-order valence-corrected chi connectivity index (χ3v) is 3.27. The zero-order chi connectivity index (χ0) is 15.5. The van der Waals surface area contributed by atoms with E-state index in [2.05, 4.69) is 19.2 Å². The molecule has 0 saturated carbocycles. The predicted molar refractivity (Wildman–Crippen MR) is 86.2 cm³/mol. The molecule has 4 heteroatoms. The zero-order valence-electron chi connectivity index (χ0n) is 13.2. The van der Waals surface area contributed by atoms with Crippen LogP contribution in [0.1, 0.15) is 33.1 Å². The normalized spacial score (nSPS) is 12.2. The first kappa shape index (κ1) is 17.5. The maximum atomic E-state index is 11.8. The fraction of sp³-hybridized carbons (Fsp3) is 0.588. The number of rotatable bonds is 10. The zero-order valence-corrected chi connectivity index (χ0v) is 13.2. The number of carbonyl (C=O) groups is 1. The molecule has 0 unspecified atom stereocenters. The maximum Gasteiger partial charge on any atom is 0.220 e. The van der Waals surface area contributed by atoms with Gasteiger partial charge in [-0.25, -0.2) is 0 Å². The lowest BCUT2D eigenvalue weighted by Gasteiger charge is -2.16. The van der Waals surface area contributed by atoms with Gasteiger partial charge in [0.05, 0.1) is 6.61 Å². The molecule has 0 fully saturated rings. The van der Waals surface area contributed by atoms with Crippen LogP contribution >= 0.6 is 0 Å². The van der Waals surface area contributed by atoms with Crippen molar-refractivity contribution in [1.29, 1.82) is 0 Å². The molecule has 0 bridgehead atoms. The predicted octanol–water partition coefficient (Wildman–Crippen LogP) is 2.58. The Bertz CT molecular complexity index is 393. The van der Waals surface area contributed by atoms with Crippen LogP contribution in [0.5, 0.6) is 5.75 Å². The van der Waals surface area contributed by atoms with Crippen molar-refractivity contribution < 1.29 is 9.53 Å². The molecule has 3 N–H and O–H groups in total. The molecule has 0 radical (unpaired) electrons. The summed E-state index contributed by atoms with van der Waals surface area (Å²) < 4.78 is 5.57. The number of carbonyl (C=O) groups excluding carboxylic acids is 1. The summed E-state index contributed by atoms with van der Waals surface area (Å²) in [6.07, 6.45) is 2.33. The molecule has 21 heavy (non-hydrogen) atoms. The van der Waals surface area contributed by atoms with Gasteiger partial charge in [0, 0.05) is 13.0 Å². The second kappa shape index (κ2) is 10.2. The van der Waals surface area contributed by atoms with Gasteiger partial charge in [0.15, 0.2) is 0 Å².